The molecule has 1 unspecified atom stereocenters. The minimum atomic E-state index is 0.0750. The maximum absolute atomic E-state index is 11.8. The Morgan fingerprint density at radius 1 is 1.41 bits per heavy atom. The number of nitrogens with one attached hydrogen (secondary N) is 1. The van der Waals surface area contributed by atoms with Crippen LogP contribution in [0.3, 0.4) is 0 Å². The molecule has 2 fully saturated rings. The van der Waals surface area contributed by atoms with E-state index in [2.05, 4.69) is 11.6 Å². The van der Waals surface area contributed by atoms with Crippen LogP contribution in [0.1, 0.15) is 38.5 Å². The van der Waals surface area contributed by atoms with Crippen molar-refractivity contribution in [3.63, 3.8) is 0 Å². The van der Waals surface area contributed by atoms with E-state index < -0.39 is 0 Å². The third kappa shape index (κ3) is 2.97. The van der Waals surface area contributed by atoms with Crippen LogP contribution in [-0.2, 0) is 4.79 Å². The van der Waals surface area contributed by atoms with Gasteiger partial charge in [-0.2, -0.15) is 11.8 Å². The standard InChI is InChI=1S/C13H24N2OS/c1-15-9-6-11(12(15)16)14-10-13(17-2)7-4-3-5-8-13/h11,14H,3-10H2,1-2H3. The third-order valence-electron chi connectivity index (χ3n) is 4.30. The molecule has 1 atom stereocenters. The Bertz CT molecular complexity index is 277. The summed E-state index contributed by atoms with van der Waals surface area (Å²) in [6.45, 7) is 1.90. The topological polar surface area (TPSA) is 32.3 Å². The summed E-state index contributed by atoms with van der Waals surface area (Å²) >= 11 is 1.99. The number of carbonyl (C=O) groups is 1. The maximum Gasteiger partial charge on any atom is 0.239 e. The Hall–Kier alpha value is -0.220. The van der Waals surface area contributed by atoms with Crippen LogP contribution in [0.15, 0.2) is 0 Å². The molecule has 0 aromatic rings. The lowest BCUT2D eigenvalue weighted by molar-refractivity contribution is -0.128. The van der Waals surface area contributed by atoms with Gasteiger partial charge in [0.2, 0.25) is 5.91 Å². The number of likely N-dealkylation sites (tertiary alicyclic amines) is 1. The highest BCUT2D eigenvalue weighted by Crippen LogP contribution is 2.38. The molecule has 4 heteroatoms. The number of rotatable bonds is 4. The van der Waals surface area contributed by atoms with Gasteiger partial charge in [-0.25, -0.2) is 0 Å². The highest BCUT2D eigenvalue weighted by Gasteiger charge is 2.34. The van der Waals surface area contributed by atoms with Crippen molar-refractivity contribution in [2.45, 2.75) is 49.3 Å². The fourth-order valence-corrected chi connectivity index (χ4v) is 3.89. The normalized spacial score (nSPS) is 28.7. The lowest BCUT2D eigenvalue weighted by Gasteiger charge is -2.36. The molecule has 2 aliphatic rings. The Labute approximate surface area is 109 Å². The molecule has 2 rings (SSSR count). The van der Waals surface area contributed by atoms with Crippen LogP contribution >= 0.6 is 11.8 Å². The zero-order valence-electron chi connectivity index (χ0n) is 11.0. The van der Waals surface area contributed by atoms with Crippen molar-refractivity contribution in [3.05, 3.63) is 0 Å². The van der Waals surface area contributed by atoms with Gasteiger partial charge in [0.05, 0.1) is 6.04 Å². The van der Waals surface area contributed by atoms with Gasteiger partial charge in [0.1, 0.15) is 0 Å². The number of carbonyl (C=O) groups excluding carboxylic acids is 1. The lowest BCUT2D eigenvalue weighted by Crippen LogP contribution is -2.46. The predicted molar refractivity (Wildman–Crippen MR) is 73.4 cm³/mol. The summed E-state index contributed by atoms with van der Waals surface area (Å²) in [5.41, 5.74) is 0. The second-order valence-corrected chi connectivity index (χ2v) is 6.70. The van der Waals surface area contributed by atoms with E-state index in [0.717, 1.165) is 19.5 Å². The van der Waals surface area contributed by atoms with Crippen molar-refractivity contribution in [3.8, 4) is 0 Å². The first-order chi connectivity index (χ1) is 8.17. The summed E-state index contributed by atoms with van der Waals surface area (Å²) in [5, 5.41) is 3.51. The molecule has 0 aromatic carbocycles. The first-order valence-corrected chi connectivity index (χ1v) is 7.93. The minimum absolute atomic E-state index is 0.0750. The lowest BCUT2D eigenvalue weighted by atomic mass is 9.88. The maximum atomic E-state index is 11.8. The quantitative estimate of drug-likeness (QED) is 0.833. The summed E-state index contributed by atoms with van der Waals surface area (Å²) in [7, 11) is 1.90. The van der Waals surface area contributed by atoms with Gasteiger partial charge in [-0.1, -0.05) is 19.3 Å². The van der Waals surface area contributed by atoms with Gasteiger partial charge in [0.15, 0.2) is 0 Å². The Balaban J connectivity index is 1.85. The number of hydrogen-bond donors (Lipinski definition) is 1. The van der Waals surface area contributed by atoms with E-state index >= 15 is 0 Å². The van der Waals surface area contributed by atoms with Gasteiger partial charge in [0, 0.05) is 24.9 Å². The van der Waals surface area contributed by atoms with Crippen LogP contribution < -0.4 is 5.32 Å². The predicted octanol–water partition coefficient (Wildman–Crippen LogP) is 1.87. The van der Waals surface area contributed by atoms with E-state index in [1.165, 1.54) is 32.1 Å². The highest BCUT2D eigenvalue weighted by atomic mass is 32.2. The summed E-state index contributed by atoms with van der Waals surface area (Å²) in [5.74, 6) is 0.275. The van der Waals surface area contributed by atoms with E-state index in [1.54, 1.807) is 0 Å². The minimum Gasteiger partial charge on any atom is -0.344 e. The van der Waals surface area contributed by atoms with Gasteiger partial charge < -0.3 is 10.2 Å². The molecule has 1 heterocycles. The molecule has 1 aliphatic carbocycles. The average molecular weight is 256 g/mol. The molecule has 1 amide bonds. The second kappa shape index (κ2) is 5.61. The summed E-state index contributed by atoms with van der Waals surface area (Å²) in [6, 6.07) is 0.0750. The molecular formula is C13H24N2OS. The fourth-order valence-electron chi connectivity index (χ4n) is 2.97. The molecule has 3 nitrogen and oxygen atoms in total. The van der Waals surface area contributed by atoms with E-state index in [0.29, 0.717) is 4.75 Å². The number of amides is 1. The molecule has 98 valence electrons. The van der Waals surface area contributed by atoms with Crippen molar-refractivity contribution in [1.82, 2.24) is 10.2 Å². The van der Waals surface area contributed by atoms with Gasteiger partial charge >= 0.3 is 0 Å². The van der Waals surface area contributed by atoms with E-state index in [-0.39, 0.29) is 11.9 Å². The van der Waals surface area contributed by atoms with E-state index in [4.69, 9.17) is 0 Å². The number of likely N-dealkylation sites (N-methyl/N-ethyl adjacent to an activating group) is 1. The molecule has 1 N–H and O–H groups in total. The third-order valence-corrected chi connectivity index (χ3v) is 5.71. The molecule has 1 saturated carbocycles. The van der Waals surface area contributed by atoms with Gasteiger partial charge in [-0.15, -0.1) is 0 Å². The fraction of sp³-hybridized carbons (Fsp3) is 0.923. The molecular weight excluding hydrogens is 232 g/mol. The van der Waals surface area contributed by atoms with Crippen molar-refractivity contribution in [2.75, 3.05) is 26.4 Å². The highest BCUT2D eigenvalue weighted by molar-refractivity contribution is 8.00. The molecule has 1 aliphatic heterocycles. The smallest absolute Gasteiger partial charge is 0.239 e. The van der Waals surface area contributed by atoms with Crippen molar-refractivity contribution in [1.29, 1.82) is 0 Å². The Kier molecular flexibility index (Phi) is 4.36. The Morgan fingerprint density at radius 3 is 2.65 bits per heavy atom. The summed E-state index contributed by atoms with van der Waals surface area (Å²) in [6.07, 6.45) is 9.88. The Morgan fingerprint density at radius 2 is 2.12 bits per heavy atom. The monoisotopic (exact) mass is 256 g/mol. The van der Waals surface area contributed by atoms with Gasteiger partial charge in [-0.05, 0) is 25.5 Å². The van der Waals surface area contributed by atoms with Crippen molar-refractivity contribution in [2.24, 2.45) is 0 Å². The summed E-state index contributed by atoms with van der Waals surface area (Å²) < 4.78 is 0.389. The molecule has 0 bridgehead atoms. The van der Waals surface area contributed by atoms with Crippen LogP contribution in [0.5, 0.6) is 0 Å². The second-order valence-electron chi connectivity index (χ2n) is 5.43. The first kappa shape index (κ1) is 13.2. The molecule has 1 saturated heterocycles. The van der Waals surface area contributed by atoms with Gasteiger partial charge in [0.25, 0.3) is 0 Å². The average Bonchev–Trinajstić information content (AvgIpc) is 2.69. The van der Waals surface area contributed by atoms with Crippen LogP contribution in [0.25, 0.3) is 0 Å². The van der Waals surface area contributed by atoms with Crippen molar-refractivity contribution >= 4 is 17.7 Å². The van der Waals surface area contributed by atoms with Crippen LogP contribution in [0.4, 0.5) is 0 Å². The number of nitrogens with zero attached hydrogens (tertiary/aromatic N) is 1. The van der Waals surface area contributed by atoms with E-state index in [9.17, 15) is 4.79 Å². The molecule has 17 heavy (non-hydrogen) atoms. The van der Waals surface area contributed by atoms with Gasteiger partial charge in [-0.3, -0.25) is 4.79 Å². The number of hydrogen-bond acceptors (Lipinski definition) is 3. The zero-order chi connectivity index (χ0) is 12.3. The van der Waals surface area contributed by atoms with Crippen LogP contribution in [0, 0.1) is 0 Å². The number of thioether (sulfide) groups is 1. The van der Waals surface area contributed by atoms with Crippen LogP contribution in [-0.4, -0.2) is 48.0 Å². The van der Waals surface area contributed by atoms with Crippen molar-refractivity contribution < 1.29 is 4.79 Å². The first-order valence-electron chi connectivity index (χ1n) is 6.70. The summed E-state index contributed by atoms with van der Waals surface area (Å²) in [4.78, 5) is 13.7. The zero-order valence-corrected chi connectivity index (χ0v) is 11.8. The largest absolute Gasteiger partial charge is 0.344 e. The van der Waals surface area contributed by atoms with Crippen LogP contribution in [0.2, 0.25) is 0 Å². The molecule has 0 aromatic heterocycles. The van der Waals surface area contributed by atoms with E-state index in [1.807, 2.05) is 23.7 Å². The molecule has 0 spiro atoms. The SMILES string of the molecule is CSC1(CNC2CCN(C)C2=O)CCCCC1. The molecule has 0 radical (unpaired) electrons.